The number of pyridine rings is 2. The van der Waals surface area contributed by atoms with Crippen LogP contribution in [0.15, 0.2) is 42.7 Å². The Morgan fingerprint density at radius 3 is 2.36 bits per heavy atom. The van der Waals surface area contributed by atoms with Crippen molar-refractivity contribution < 1.29 is 32.2 Å². The van der Waals surface area contributed by atoms with E-state index in [4.69, 9.17) is 5.73 Å². The topological polar surface area (TPSA) is 142 Å². The normalized spacial score (nSPS) is 26.9. The average Bonchev–Trinajstić information content (AvgIpc) is 2.92. The first-order valence-electron chi connectivity index (χ1n) is 13.9. The van der Waals surface area contributed by atoms with E-state index in [9.17, 15) is 23.4 Å². The first kappa shape index (κ1) is 30.4. The molecule has 3 aromatic rings. The average molecular weight is 605 g/mol. The number of halogens is 3. The van der Waals surface area contributed by atoms with E-state index in [1.807, 2.05) is 6.92 Å². The number of hydrogen-bond donors (Lipinski definition) is 5. The molecule has 0 spiro atoms. The summed E-state index contributed by atoms with van der Waals surface area (Å²) in [5, 5.41) is 13.4. The second-order valence-corrected chi connectivity index (χ2v) is 14.1. The molecule has 1 aliphatic heterocycles. The number of rotatable bonds is 5. The Morgan fingerprint density at radius 2 is 1.71 bits per heavy atom. The smallest absolute Gasteiger partial charge is 0.274 e. The number of benzene rings is 1. The van der Waals surface area contributed by atoms with Gasteiger partial charge in [0.05, 0.1) is 23.0 Å². The molecule has 1 amide bonds. The summed E-state index contributed by atoms with van der Waals surface area (Å²) in [6.07, 6.45) is 4.91. The Morgan fingerprint density at radius 1 is 1.05 bits per heavy atom. The molecule has 0 bridgehead atoms. The lowest BCUT2D eigenvalue weighted by atomic mass is 9.68. The van der Waals surface area contributed by atoms with E-state index in [-0.39, 0.29) is 35.0 Å². The fourth-order valence-corrected chi connectivity index (χ4v) is 7.55. The third-order valence-corrected chi connectivity index (χ3v) is 10.7. The van der Waals surface area contributed by atoms with Gasteiger partial charge in [-0.25, -0.2) is 18.2 Å². The summed E-state index contributed by atoms with van der Waals surface area (Å²) >= 11 is 0. The van der Waals surface area contributed by atoms with E-state index < -0.39 is 56.8 Å². The minimum Gasteiger partial charge on any atom is -0.388 e. The van der Waals surface area contributed by atoms with Crippen molar-refractivity contribution in [2.45, 2.75) is 63.0 Å². The molecule has 0 radical (unpaired) electrons. The lowest BCUT2D eigenvalue weighted by Gasteiger charge is -2.44. The summed E-state index contributed by atoms with van der Waals surface area (Å²) in [5.41, 5.74) is 5.18. The Labute approximate surface area is 243 Å². The fourth-order valence-electron chi connectivity index (χ4n) is 6.02. The number of anilines is 1. The number of hydrogen-bond acceptors (Lipinski definition) is 7. The second kappa shape index (κ2) is 11.6. The zero-order chi connectivity index (χ0) is 30.4. The van der Waals surface area contributed by atoms with Crippen LogP contribution in [0.4, 0.5) is 18.9 Å². The highest BCUT2D eigenvalue weighted by molar-refractivity contribution is 8.24. The highest BCUT2D eigenvalue weighted by atomic mass is 32.3. The largest absolute Gasteiger partial charge is 0.388 e. The molecule has 3 heterocycles. The summed E-state index contributed by atoms with van der Waals surface area (Å²) in [6, 6.07) is 5.59. The molecule has 1 aliphatic carbocycles. The number of aromatic nitrogens is 2. The van der Waals surface area contributed by atoms with E-state index in [1.54, 1.807) is 19.2 Å². The van der Waals surface area contributed by atoms with Crippen LogP contribution >= 0.6 is 10.6 Å². The monoisotopic (exact) mass is 604 g/mol. The predicted molar refractivity (Wildman–Crippen MR) is 156 cm³/mol. The molecule has 1 saturated carbocycles. The lowest BCUT2D eigenvalue weighted by molar-refractivity contribution is -0.0463. The number of carbonyl (C=O) groups excluding carboxylic acids is 1. The van der Waals surface area contributed by atoms with Crippen molar-refractivity contribution in [2.75, 3.05) is 16.8 Å². The van der Waals surface area contributed by atoms with Gasteiger partial charge in [0.25, 0.3) is 5.91 Å². The number of amides is 1. The minimum absolute atomic E-state index is 0.0660. The highest BCUT2D eigenvalue weighted by Gasteiger charge is 2.42. The van der Waals surface area contributed by atoms with Crippen molar-refractivity contribution >= 4 is 22.2 Å². The van der Waals surface area contributed by atoms with Gasteiger partial charge in [0.2, 0.25) is 0 Å². The van der Waals surface area contributed by atoms with Gasteiger partial charge in [-0.15, -0.1) is 0 Å². The number of aliphatic hydroxyl groups is 1. The van der Waals surface area contributed by atoms with Crippen molar-refractivity contribution in [3.8, 4) is 11.3 Å². The maximum Gasteiger partial charge on any atom is 0.274 e. The van der Waals surface area contributed by atoms with Crippen LogP contribution in [0.5, 0.6) is 0 Å². The lowest BCUT2D eigenvalue weighted by Crippen LogP contribution is -2.54. The molecule has 12 heteroatoms. The van der Waals surface area contributed by atoms with Gasteiger partial charge in [-0.3, -0.25) is 18.9 Å². The molecule has 2 aromatic heterocycles. The maximum absolute atomic E-state index is 15.3. The van der Waals surface area contributed by atoms with Crippen LogP contribution in [-0.2, 0) is 0 Å². The van der Waals surface area contributed by atoms with E-state index >= 15 is 8.78 Å². The molecule has 2 aliphatic rings. The number of carbonyl (C=O) groups is 1. The summed E-state index contributed by atoms with van der Waals surface area (Å²) in [7, 11) is -2.66. The van der Waals surface area contributed by atoms with Gasteiger partial charge < -0.3 is 16.2 Å². The van der Waals surface area contributed by atoms with Crippen molar-refractivity contribution in [3.05, 3.63) is 77.0 Å². The number of nitrogens with zero attached hydrogens (tertiary/aromatic N) is 2. The molecule has 6 N–H and O–H groups in total. The van der Waals surface area contributed by atoms with Crippen LogP contribution in [-0.4, -0.2) is 53.2 Å². The van der Waals surface area contributed by atoms with Crippen molar-refractivity contribution in [1.29, 1.82) is 0 Å². The molecule has 0 unspecified atom stereocenters. The highest BCUT2D eigenvalue weighted by Crippen LogP contribution is 2.49. The van der Waals surface area contributed by atoms with Gasteiger partial charge in [-0.1, -0.05) is 6.92 Å². The molecule has 226 valence electrons. The second-order valence-electron chi connectivity index (χ2n) is 11.7. The summed E-state index contributed by atoms with van der Waals surface area (Å²) in [5.74, 6) is -3.89. The van der Waals surface area contributed by atoms with Gasteiger partial charge in [0.1, 0.15) is 28.8 Å². The molecular formula is C30H35F3N4O4S. The van der Waals surface area contributed by atoms with E-state index in [0.717, 1.165) is 29.8 Å². The molecule has 1 saturated heterocycles. The van der Waals surface area contributed by atoms with Gasteiger partial charge >= 0.3 is 0 Å². The molecular weight excluding hydrogens is 569 g/mol. The third-order valence-electron chi connectivity index (χ3n) is 8.91. The first-order valence-corrected chi connectivity index (χ1v) is 15.8. The number of nitrogens with one attached hydrogen (secondary N) is 1. The van der Waals surface area contributed by atoms with E-state index in [2.05, 4.69) is 15.3 Å². The fraction of sp³-hybridized carbons (Fsp3) is 0.433. The Kier molecular flexibility index (Phi) is 8.38. The quantitative estimate of drug-likeness (QED) is 0.239. The van der Waals surface area contributed by atoms with Crippen molar-refractivity contribution in [2.24, 2.45) is 11.7 Å². The van der Waals surface area contributed by atoms with Crippen LogP contribution in [0.25, 0.3) is 11.3 Å². The zero-order valence-corrected chi connectivity index (χ0v) is 24.2. The van der Waals surface area contributed by atoms with Crippen LogP contribution < -0.4 is 11.1 Å². The molecule has 1 aromatic carbocycles. The first-order chi connectivity index (χ1) is 19.8. The molecule has 42 heavy (non-hydrogen) atoms. The molecule has 2 fully saturated rings. The summed E-state index contributed by atoms with van der Waals surface area (Å²) in [6.45, 7) is 3.64. The molecule has 4 atom stereocenters. The van der Waals surface area contributed by atoms with Crippen LogP contribution in [0.3, 0.4) is 0 Å². The molecule has 5 rings (SSSR count). The minimum atomic E-state index is -2.66. The Bertz CT molecular complexity index is 1460. The van der Waals surface area contributed by atoms with Gasteiger partial charge in [-0.2, -0.15) is 10.6 Å². The Hall–Kier alpha value is -3.03. The standard InChI is InChI=1S/C30H35F3N4O4S/c1-16-11-19(14-26(34)30(16,2)39)20-5-8-35-15-25(20)37-29(38)24-4-3-21(31)28(36-24)27-22(32)12-18(13-23(27)33)17-6-9-42(40,41)10-7-17/h3-5,8,12-13,15-17,19,26,39-41H,6-7,9-11,14,34H2,1-2H3,(H,37,38)/t16-,19+,26+,30+/m0/s1. The summed E-state index contributed by atoms with van der Waals surface area (Å²) in [4.78, 5) is 21.4. The number of nitrogens with two attached hydrogens (primary N) is 1. The van der Waals surface area contributed by atoms with E-state index in [1.165, 1.54) is 6.20 Å². The molecule has 8 nitrogen and oxygen atoms in total. The van der Waals surface area contributed by atoms with Crippen LogP contribution in [0.1, 0.15) is 73.0 Å². The maximum atomic E-state index is 15.3. The third kappa shape index (κ3) is 6.04. The summed E-state index contributed by atoms with van der Waals surface area (Å²) < 4.78 is 65.1. The van der Waals surface area contributed by atoms with Gasteiger partial charge in [-0.05, 0) is 91.8 Å². The zero-order valence-electron chi connectivity index (χ0n) is 23.4. The van der Waals surface area contributed by atoms with Crippen LogP contribution in [0.2, 0.25) is 0 Å². The van der Waals surface area contributed by atoms with Crippen molar-refractivity contribution in [1.82, 2.24) is 9.97 Å². The van der Waals surface area contributed by atoms with Gasteiger partial charge in [0, 0.05) is 23.7 Å². The van der Waals surface area contributed by atoms with Crippen molar-refractivity contribution in [3.63, 3.8) is 0 Å². The van der Waals surface area contributed by atoms with E-state index in [0.29, 0.717) is 36.9 Å². The SMILES string of the molecule is C[C@H]1C[C@@H](c2ccncc2NC(=O)c2ccc(F)c(-c3c(F)cc(C4CCS(O)(O)CC4)cc3F)n2)C[C@@H](N)[C@]1(C)O. The van der Waals surface area contributed by atoms with Gasteiger partial charge in [0.15, 0.2) is 0 Å². The predicted octanol–water partition coefficient (Wildman–Crippen LogP) is 6.03. The van der Waals surface area contributed by atoms with Crippen LogP contribution in [0, 0.1) is 23.4 Å². The Balaban J connectivity index is 1.39.